The number of carbonyl (C=O) groups is 1. The fraction of sp³-hybridized carbons (Fsp3) is 0.172. The molecule has 0 spiro atoms. The van der Waals surface area contributed by atoms with Crippen LogP contribution in [-0.2, 0) is 13.0 Å². The first-order valence-electron chi connectivity index (χ1n) is 12.2. The second-order valence-electron chi connectivity index (χ2n) is 9.01. The van der Waals surface area contributed by atoms with Crippen molar-refractivity contribution in [3.63, 3.8) is 0 Å². The van der Waals surface area contributed by atoms with Crippen LogP contribution in [0.2, 0.25) is 5.02 Å². The van der Waals surface area contributed by atoms with E-state index in [1.54, 1.807) is 0 Å². The van der Waals surface area contributed by atoms with Crippen LogP contribution in [0.3, 0.4) is 0 Å². The lowest BCUT2D eigenvalue weighted by molar-refractivity contribution is 0.102. The number of nitrogens with zero attached hydrogens (tertiary/aromatic N) is 4. The van der Waals surface area contributed by atoms with E-state index in [-0.39, 0.29) is 5.91 Å². The van der Waals surface area contributed by atoms with Gasteiger partial charge in [-0.1, -0.05) is 48.4 Å². The third kappa shape index (κ3) is 4.36. The summed E-state index contributed by atoms with van der Waals surface area (Å²) in [5.74, 6) is 1.76. The molecule has 7 heteroatoms. The lowest BCUT2D eigenvalue weighted by atomic mass is 10.0. The number of halogens is 1. The van der Waals surface area contributed by atoms with E-state index < -0.39 is 0 Å². The van der Waals surface area contributed by atoms with E-state index in [9.17, 15) is 4.79 Å². The summed E-state index contributed by atoms with van der Waals surface area (Å²) in [6, 6.07) is 24.8. The number of pyridine rings is 1. The third-order valence-electron chi connectivity index (χ3n) is 6.61. The fourth-order valence-electron chi connectivity index (χ4n) is 4.73. The van der Waals surface area contributed by atoms with Crippen molar-refractivity contribution in [3.8, 4) is 22.6 Å². The number of hydrogen-bond donors (Lipinski definition) is 1. The number of fused-ring (bicyclic) bond motifs is 2. The van der Waals surface area contributed by atoms with Crippen molar-refractivity contribution >= 4 is 34.1 Å². The highest BCUT2D eigenvalue weighted by molar-refractivity contribution is 6.30. The maximum atomic E-state index is 13.4. The number of para-hydroxylation sites is 1. The zero-order valence-corrected chi connectivity index (χ0v) is 20.4. The van der Waals surface area contributed by atoms with Crippen molar-refractivity contribution < 1.29 is 4.79 Å². The van der Waals surface area contributed by atoms with Gasteiger partial charge in [0.15, 0.2) is 5.82 Å². The van der Waals surface area contributed by atoms with Gasteiger partial charge < -0.3 is 9.88 Å². The molecule has 3 heterocycles. The molecule has 0 fully saturated rings. The summed E-state index contributed by atoms with van der Waals surface area (Å²) in [6.45, 7) is 0.946. The minimum atomic E-state index is -0.187. The van der Waals surface area contributed by atoms with Gasteiger partial charge in [0.05, 0.1) is 16.8 Å². The first kappa shape index (κ1) is 22.4. The number of nitrogens with one attached hydrogen (secondary N) is 1. The summed E-state index contributed by atoms with van der Waals surface area (Å²) < 4.78 is 2.22. The van der Waals surface area contributed by atoms with Gasteiger partial charge in [-0.3, -0.25) is 4.79 Å². The number of benzene rings is 3. The van der Waals surface area contributed by atoms with Crippen LogP contribution in [0.4, 0.5) is 5.69 Å². The molecule has 1 aliphatic heterocycles. The summed E-state index contributed by atoms with van der Waals surface area (Å²) >= 11 is 6.06. The Hall–Kier alpha value is -4.03. The molecule has 1 N–H and O–H groups in total. The summed E-state index contributed by atoms with van der Waals surface area (Å²) in [6.07, 6.45) is 4.49. The van der Waals surface area contributed by atoms with Crippen LogP contribution in [-0.4, -0.2) is 25.7 Å². The highest BCUT2D eigenvalue weighted by Gasteiger charge is 2.17. The van der Waals surface area contributed by atoms with Crippen LogP contribution >= 0.6 is 11.6 Å². The quantitative estimate of drug-likeness (QED) is 0.299. The normalized spacial score (nSPS) is 13.2. The second-order valence-corrected chi connectivity index (χ2v) is 9.45. The molecular weight excluding hydrogens is 470 g/mol. The molecule has 0 unspecified atom stereocenters. The molecule has 0 saturated heterocycles. The molecule has 0 atom stereocenters. The first-order chi connectivity index (χ1) is 17.7. The van der Waals surface area contributed by atoms with Gasteiger partial charge in [-0.15, -0.1) is 10.2 Å². The number of amides is 1. The molecule has 36 heavy (non-hydrogen) atoms. The Balaban J connectivity index is 1.29. The van der Waals surface area contributed by atoms with Crippen molar-refractivity contribution in [2.24, 2.45) is 0 Å². The summed E-state index contributed by atoms with van der Waals surface area (Å²) in [4.78, 5) is 18.2. The number of aromatic nitrogens is 4. The van der Waals surface area contributed by atoms with Crippen molar-refractivity contribution in [3.05, 3.63) is 95.3 Å². The highest BCUT2D eigenvalue weighted by atomic mass is 35.5. The van der Waals surface area contributed by atoms with Crippen molar-refractivity contribution in [1.82, 2.24) is 19.7 Å². The Kier molecular flexibility index (Phi) is 5.95. The van der Waals surface area contributed by atoms with Crippen molar-refractivity contribution in [1.29, 1.82) is 0 Å². The number of aryl methyl sites for hydroxylation is 1. The maximum Gasteiger partial charge on any atom is 0.256 e. The van der Waals surface area contributed by atoms with Gasteiger partial charge in [0.2, 0.25) is 0 Å². The largest absolute Gasteiger partial charge is 0.322 e. The molecule has 1 aliphatic rings. The van der Waals surface area contributed by atoms with Crippen LogP contribution in [0.25, 0.3) is 33.5 Å². The van der Waals surface area contributed by atoms with Crippen LogP contribution in [0.1, 0.15) is 35.4 Å². The Bertz CT molecular complexity index is 1560. The van der Waals surface area contributed by atoms with Gasteiger partial charge >= 0.3 is 0 Å². The summed E-state index contributed by atoms with van der Waals surface area (Å²) in [7, 11) is 0. The van der Waals surface area contributed by atoms with E-state index in [2.05, 4.69) is 20.1 Å². The summed E-state index contributed by atoms with van der Waals surface area (Å²) in [5.41, 5.74) is 4.66. The molecule has 0 radical (unpaired) electrons. The van der Waals surface area contributed by atoms with Gasteiger partial charge in [0.1, 0.15) is 5.82 Å². The minimum absolute atomic E-state index is 0.187. The molecule has 0 aliphatic carbocycles. The smallest absolute Gasteiger partial charge is 0.256 e. The Morgan fingerprint density at radius 3 is 2.47 bits per heavy atom. The molecule has 178 valence electrons. The Morgan fingerprint density at radius 2 is 1.64 bits per heavy atom. The standard InChI is InChI=1S/C29H24ClN5O/c30-21-13-9-19(10-14-21)26-18-24(23-6-3-4-7-25(23)32-26)29(36)31-22-15-11-20(12-16-22)28-34-33-27-8-2-1-5-17-35(27)28/h3-4,6-7,9-16,18H,1-2,5,8,17H2,(H,31,36). The predicted molar refractivity (Wildman–Crippen MR) is 143 cm³/mol. The van der Waals surface area contributed by atoms with Crippen molar-refractivity contribution in [2.45, 2.75) is 32.2 Å². The van der Waals surface area contributed by atoms with Gasteiger partial charge in [-0.2, -0.15) is 0 Å². The van der Waals surface area contributed by atoms with E-state index in [1.807, 2.05) is 78.9 Å². The molecule has 2 aromatic heterocycles. The SMILES string of the molecule is O=C(Nc1ccc(-c2nnc3n2CCCCC3)cc1)c1cc(-c2ccc(Cl)cc2)nc2ccccc12. The molecule has 0 bridgehead atoms. The van der Waals surface area contributed by atoms with Gasteiger partial charge in [0.25, 0.3) is 5.91 Å². The zero-order valence-electron chi connectivity index (χ0n) is 19.6. The Labute approximate surface area is 214 Å². The average Bonchev–Trinajstić information content (AvgIpc) is 3.16. The molecule has 0 saturated carbocycles. The van der Waals surface area contributed by atoms with Crippen LogP contribution in [0.15, 0.2) is 78.9 Å². The lowest BCUT2D eigenvalue weighted by Gasteiger charge is -2.12. The molecule has 6 nitrogen and oxygen atoms in total. The second kappa shape index (κ2) is 9.55. The fourth-order valence-corrected chi connectivity index (χ4v) is 4.86. The first-order valence-corrected chi connectivity index (χ1v) is 12.5. The number of carbonyl (C=O) groups excluding carboxylic acids is 1. The zero-order chi connectivity index (χ0) is 24.5. The lowest BCUT2D eigenvalue weighted by Crippen LogP contribution is -2.13. The molecule has 1 amide bonds. The maximum absolute atomic E-state index is 13.4. The van der Waals surface area contributed by atoms with Gasteiger partial charge in [0, 0.05) is 40.2 Å². The Morgan fingerprint density at radius 1 is 0.861 bits per heavy atom. The molecule has 5 aromatic rings. The van der Waals surface area contributed by atoms with E-state index in [0.717, 1.165) is 65.2 Å². The average molecular weight is 494 g/mol. The number of hydrogen-bond acceptors (Lipinski definition) is 4. The third-order valence-corrected chi connectivity index (χ3v) is 6.86. The van der Waals surface area contributed by atoms with Crippen molar-refractivity contribution in [2.75, 3.05) is 5.32 Å². The van der Waals surface area contributed by atoms with Crippen LogP contribution < -0.4 is 5.32 Å². The van der Waals surface area contributed by atoms with Crippen LogP contribution in [0, 0.1) is 0 Å². The molecular formula is C29H24ClN5O. The highest BCUT2D eigenvalue weighted by Crippen LogP contribution is 2.28. The topological polar surface area (TPSA) is 72.7 Å². The van der Waals surface area contributed by atoms with E-state index in [4.69, 9.17) is 16.6 Å². The number of rotatable bonds is 4. The van der Waals surface area contributed by atoms with Gasteiger partial charge in [-0.25, -0.2) is 4.98 Å². The van der Waals surface area contributed by atoms with E-state index in [1.165, 1.54) is 6.42 Å². The summed E-state index contributed by atoms with van der Waals surface area (Å²) in [5, 5.41) is 13.3. The van der Waals surface area contributed by atoms with Gasteiger partial charge in [-0.05, 0) is 61.4 Å². The van der Waals surface area contributed by atoms with Crippen LogP contribution in [0.5, 0.6) is 0 Å². The molecule has 6 rings (SSSR count). The number of anilines is 1. The van der Waals surface area contributed by atoms with E-state index >= 15 is 0 Å². The van der Waals surface area contributed by atoms with E-state index in [0.29, 0.717) is 16.3 Å². The predicted octanol–water partition coefficient (Wildman–Crippen LogP) is 6.79. The molecule has 3 aromatic carbocycles. The minimum Gasteiger partial charge on any atom is -0.322 e. The monoisotopic (exact) mass is 493 g/mol.